The lowest BCUT2D eigenvalue weighted by atomic mass is 10.0. The molecule has 0 spiro atoms. The summed E-state index contributed by atoms with van der Waals surface area (Å²) in [7, 11) is 0. The van der Waals surface area contributed by atoms with Gasteiger partial charge in [-0.3, -0.25) is 19.8 Å². The molecule has 0 aliphatic carbocycles. The number of nitrogens with one attached hydrogen (secondary N) is 2. The van der Waals surface area contributed by atoms with Crippen LogP contribution in [0.2, 0.25) is 0 Å². The molecule has 0 aromatic heterocycles. The molecule has 1 aliphatic heterocycles. The number of nitrogens with two attached hydrogens (primary N) is 1. The fraction of sp³-hybridized carbons (Fsp3) is 0.364. The number of hydrogen-bond donors (Lipinski definition) is 3. The zero-order chi connectivity index (χ0) is 20.6. The Labute approximate surface area is 171 Å². The molecule has 1 aliphatic rings. The maximum absolute atomic E-state index is 12.7. The number of nitrogens with zero attached hydrogens (tertiary/aromatic N) is 1. The summed E-state index contributed by atoms with van der Waals surface area (Å²) >= 11 is 0. The molecule has 1 heterocycles. The van der Waals surface area contributed by atoms with E-state index in [1.807, 2.05) is 25.1 Å². The highest BCUT2D eigenvalue weighted by molar-refractivity contribution is 5.96. The quantitative estimate of drug-likeness (QED) is 0.632. The molecular formula is C22H28N4O3. The van der Waals surface area contributed by atoms with Crippen molar-refractivity contribution >= 4 is 17.5 Å². The molecule has 4 N–H and O–H groups in total. The lowest BCUT2D eigenvalue weighted by Crippen LogP contribution is -2.46. The van der Waals surface area contributed by atoms with Crippen LogP contribution in [0.4, 0.5) is 5.69 Å². The maximum Gasteiger partial charge on any atom is 0.248 e. The number of morpholine rings is 1. The van der Waals surface area contributed by atoms with Gasteiger partial charge in [0.15, 0.2) is 0 Å². The molecule has 2 unspecified atom stereocenters. The van der Waals surface area contributed by atoms with E-state index in [0.717, 1.165) is 38.4 Å². The van der Waals surface area contributed by atoms with E-state index in [9.17, 15) is 9.59 Å². The molecule has 0 saturated carbocycles. The van der Waals surface area contributed by atoms with E-state index in [0.29, 0.717) is 11.3 Å². The maximum atomic E-state index is 12.7. The molecule has 154 valence electrons. The summed E-state index contributed by atoms with van der Waals surface area (Å²) in [5.74, 6) is -0.633. The third kappa shape index (κ3) is 6.12. The van der Waals surface area contributed by atoms with Crippen LogP contribution in [0, 0.1) is 0 Å². The average molecular weight is 396 g/mol. The van der Waals surface area contributed by atoms with Crippen molar-refractivity contribution in [2.24, 2.45) is 5.73 Å². The van der Waals surface area contributed by atoms with Gasteiger partial charge in [0.1, 0.15) is 0 Å². The van der Waals surface area contributed by atoms with Gasteiger partial charge in [0.2, 0.25) is 11.8 Å². The van der Waals surface area contributed by atoms with E-state index >= 15 is 0 Å². The van der Waals surface area contributed by atoms with Crippen molar-refractivity contribution < 1.29 is 14.3 Å². The number of primary amides is 1. The molecule has 1 saturated heterocycles. The molecule has 2 amide bonds. The smallest absolute Gasteiger partial charge is 0.248 e. The van der Waals surface area contributed by atoms with Crippen molar-refractivity contribution in [3.8, 4) is 0 Å². The van der Waals surface area contributed by atoms with Crippen LogP contribution in [-0.4, -0.2) is 55.6 Å². The van der Waals surface area contributed by atoms with E-state index in [2.05, 4.69) is 27.7 Å². The molecular weight excluding hydrogens is 368 g/mol. The van der Waals surface area contributed by atoms with Crippen molar-refractivity contribution in [1.29, 1.82) is 0 Å². The number of rotatable bonds is 8. The molecule has 0 bridgehead atoms. The van der Waals surface area contributed by atoms with Gasteiger partial charge in [-0.1, -0.05) is 30.3 Å². The zero-order valence-electron chi connectivity index (χ0n) is 16.6. The van der Waals surface area contributed by atoms with Crippen LogP contribution in [0.3, 0.4) is 0 Å². The Bertz CT molecular complexity index is 805. The summed E-state index contributed by atoms with van der Waals surface area (Å²) in [4.78, 5) is 26.2. The Balaban J connectivity index is 1.64. The Morgan fingerprint density at radius 2 is 1.72 bits per heavy atom. The zero-order valence-corrected chi connectivity index (χ0v) is 16.6. The highest BCUT2D eigenvalue weighted by Gasteiger charge is 2.22. The van der Waals surface area contributed by atoms with Crippen LogP contribution in [0.15, 0.2) is 54.6 Å². The van der Waals surface area contributed by atoms with E-state index in [1.54, 1.807) is 24.3 Å². The third-order valence-electron chi connectivity index (χ3n) is 5.03. The minimum absolute atomic E-state index is 0.0206. The molecule has 7 nitrogen and oxygen atoms in total. The van der Waals surface area contributed by atoms with Gasteiger partial charge in [0, 0.05) is 36.9 Å². The van der Waals surface area contributed by atoms with Crippen LogP contribution < -0.4 is 16.4 Å². The highest BCUT2D eigenvalue weighted by atomic mass is 16.5. The summed E-state index contributed by atoms with van der Waals surface area (Å²) in [6.45, 7) is 5.90. The molecule has 2 atom stereocenters. The van der Waals surface area contributed by atoms with Crippen molar-refractivity contribution in [3.63, 3.8) is 0 Å². The first-order chi connectivity index (χ1) is 14.0. The molecule has 7 heteroatoms. The van der Waals surface area contributed by atoms with E-state index < -0.39 is 11.9 Å². The topological polar surface area (TPSA) is 96.7 Å². The van der Waals surface area contributed by atoms with Gasteiger partial charge in [-0.25, -0.2) is 0 Å². The van der Waals surface area contributed by atoms with Crippen molar-refractivity contribution in [2.45, 2.75) is 19.0 Å². The van der Waals surface area contributed by atoms with Crippen molar-refractivity contribution in [1.82, 2.24) is 10.2 Å². The average Bonchev–Trinajstić information content (AvgIpc) is 2.75. The Morgan fingerprint density at radius 3 is 2.34 bits per heavy atom. The van der Waals surface area contributed by atoms with Gasteiger partial charge >= 0.3 is 0 Å². The lowest BCUT2D eigenvalue weighted by molar-refractivity contribution is -0.118. The molecule has 29 heavy (non-hydrogen) atoms. The predicted octanol–water partition coefficient (Wildman–Crippen LogP) is 1.78. The van der Waals surface area contributed by atoms with Gasteiger partial charge in [0.05, 0.1) is 19.3 Å². The van der Waals surface area contributed by atoms with Crippen LogP contribution in [-0.2, 0) is 9.53 Å². The largest absolute Gasteiger partial charge is 0.379 e. The first-order valence-electron chi connectivity index (χ1n) is 9.85. The number of benzene rings is 2. The van der Waals surface area contributed by atoms with Gasteiger partial charge in [0.25, 0.3) is 0 Å². The standard InChI is InChI=1S/C22H28N4O3/c1-16(22(28)25-19-9-7-18(8-10-19)21(23)27)24-20(17-5-3-2-4-6-17)15-26-11-13-29-14-12-26/h2-10,16,20,24H,11-15H2,1H3,(H2,23,27)(H,25,28). The first kappa shape index (κ1) is 21.0. The first-order valence-corrected chi connectivity index (χ1v) is 9.85. The Kier molecular flexibility index (Phi) is 7.35. The highest BCUT2D eigenvalue weighted by Crippen LogP contribution is 2.17. The van der Waals surface area contributed by atoms with Crippen LogP contribution in [0.5, 0.6) is 0 Å². The number of carbonyl (C=O) groups is 2. The number of ether oxygens (including phenoxy) is 1. The van der Waals surface area contributed by atoms with Crippen LogP contribution in [0.25, 0.3) is 0 Å². The molecule has 2 aromatic carbocycles. The number of hydrogen-bond acceptors (Lipinski definition) is 5. The monoisotopic (exact) mass is 396 g/mol. The summed E-state index contributed by atoms with van der Waals surface area (Å²) in [5, 5.41) is 6.34. The Hall–Kier alpha value is -2.74. The van der Waals surface area contributed by atoms with E-state index in [-0.39, 0.29) is 11.9 Å². The second kappa shape index (κ2) is 10.2. The van der Waals surface area contributed by atoms with Crippen LogP contribution in [0.1, 0.15) is 28.9 Å². The third-order valence-corrected chi connectivity index (χ3v) is 5.03. The molecule has 3 rings (SSSR count). The van der Waals surface area contributed by atoms with Crippen LogP contribution >= 0.6 is 0 Å². The summed E-state index contributed by atoms with van der Waals surface area (Å²) in [6.07, 6.45) is 0. The fourth-order valence-electron chi connectivity index (χ4n) is 3.33. The number of amides is 2. The van der Waals surface area contributed by atoms with E-state index in [4.69, 9.17) is 10.5 Å². The fourth-order valence-corrected chi connectivity index (χ4v) is 3.33. The summed E-state index contributed by atoms with van der Waals surface area (Å²) < 4.78 is 5.44. The predicted molar refractivity (Wildman–Crippen MR) is 113 cm³/mol. The van der Waals surface area contributed by atoms with Crippen molar-refractivity contribution in [3.05, 3.63) is 65.7 Å². The van der Waals surface area contributed by atoms with Gasteiger partial charge in [-0.15, -0.1) is 0 Å². The van der Waals surface area contributed by atoms with E-state index in [1.165, 1.54) is 0 Å². The van der Waals surface area contributed by atoms with Crippen molar-refractivity contribution in [2.75, 3.05) is 38.2 Å². The molecule has 2 aromatic rings. The lowest BCUT2D eigenvalue weighted by Gasteiger charge is -2.32. The van der Waals surface area contributed by atoms with Gasteiger partial charge < -0.3 is 15.8 Å². The molecule has 1 fully saturated rings. The number of carbonyl (C=O) groups excluding carboxylic acids is 2. The summed E-state index contributed by atoms with van der Waals surface area (Å²) in [5.41, 5.74) is 7.42. The summed E-state index contributed by atoms with van der Waals surface area (Å²) in [6, 6.07) is 16.3. The number of anilines is 1. The van der Waals surface area contributed by atoms with Gasteiger partial charge in [-0.2, -0.15) is 0 Å². The van der Waals surface area contributed by atoms with Gasteiger partial charge in [-0.05, 0) is 36.8 Å². The SMILES string of the molecule is CC(NC(CN1CCOCC1)c1ccccc1)C(=O)Nc1ccc(C(N)=O)cc1. The second-order valence-corrected chi connectivity index (χ2v) is 7.20. The normalized spacial score (nSPS) is 16.7. The minimum atomic E-state index is -0.494. The minimum Gasteiger partial charge on any atom is -0.379 e. The molecule has 0 radical (unpaired) electrons. The second-order valence-electron chi connectivity index (χ2n) is 7.20. The Morgan fingerprint density at radius 1 is 1.07 bits per heavy atom.